The fourth-order valence-electron chi connectivity index (χ4n) is 4.51. The van der Waals surface area contributed by atoms with Crippen LogP contribution in [0.25, 0.3) is 0 Å². The average molecular weight is 479 g/mol. The Labute approximate surface area is 193 Å². The van der Waals surface area contributed by atoms with Gasteiger partial charge in [-0.15, -0.1) is 11.8 Å². The molecule has 1 aromatic rings. The van der Waals surface area contributed by atoms with E-state index in [9.17, 15) is 34.5 Å². The average Bonchev–Trinajstić information content (AvgIpc) is 3.29. The monoisotopic (exact) mass is 478 g/mol. The molecule has 1 aromatic carbocycles. The van der Waals surface area contributed by atoms with E-state index in [1.807, 2.05) is 0 Å². The molecule has 0 spiro atoms. The van der Waals surface area contributed by atoms with Crippen LogP contribution in [0, 0.1) is 0 Å². The molecule has 0 bridgehead atoms. The molecule has 3 heterocycles. The summed E-state index contributed by atoms with van der Waals surface area (Å²) in [5.74, 6) is -2.73. The number of aromatic hydroxyl groups is 1. The van der Waals surface area contributed by atoms with Gasteiger partial charge in [-0.2, -0.15) is 0 Å². The molecule has 3 aliphatic rings. The highest BCUT2D eigenvalue weighted by Crippen LogP contribution is 2.50. The number of nitrogens with one attached hydrogen (secondary N) is 3. The molecule has 4 rings (SSSR count). The quantitative estimate of drug-likeness (QED) is 0.278. The summed E-state index contributed by atoms with van der Waals surface area (Å²) < 4.78 is -0.731. The third kappa shape index (κ3) is 4.25. The fraction of sp³-hybridized carbons (Fsp3) is 0.524. The van der Waals surface area contributed by atoms with E-state index in [1.165, 1.54) is 40.9 Å². The molecule has 178 valence electrons. The number of rotatable bonds is 6. The maximum atomic E-state index is 13.2. The van der Waals surface area contributed by atoms with Crippen LogP contribution in [0.5, 0.6) is 5.75 Å². The van der Waals surface area contributed by atoms with E-state index in [2.05, 4.69) is 16.0 Å². The number of thioether (sulfide) groups is 1. The van der Waals surface area contributed by atoms with Crippen molar-refractivity contribution in [1.29, 1.82) is 0 Å². The van der Waals surface area contributed by atoms with Crippen LogP contribution in [0.15, 0.2) is 24.3 Å². The number of aliphatic hydroxyl groups excluding tert-OH is 1. The molecule has 33 heavy (non-hydrogen) atoms. The van der Waals surface area contributed by atoms with Gasteiger partial charge in [0.05, 0.1) is 12.1 Å². The van der Waals surface area contributed by atoms with E-state index in [-0.39, 0.29) is 18.7 Å². The minimum atomic E-state index is -1.16. The number of carbonyl (C=O) groups is 4. The first kappa shape index (κ1) is 23.3. The van der Waals surface area contributed by atoms with Crippen molar-refractivity contribution in [3.05, 3.63) is 29.8 Å². The first-order valence-electron chi connectivity index (χ1n) is 10.5. The van der Waals surface area contributed by atoms with Gasteiger partial charge in [-0.05, 0) is 38.0 Å². The molecule has 3 saturated heterocycles. The largest absolute Gasteiger partial charge is 0.508 e. The number of aliphatic hydroxyl groups is 1. The number of phenolic OH excluding ortho intramolecular Hbond substituents is 1. The molecule has 0 aliphatic carbocycles. The van der Waals surface area contributed by atoms with E-state index in [0.29, 0.717) is 5.56 Å². The Balaban J connectivity index is 1.51. The Kier molecular flexibility index (Phi) is 6.01. The fourth-order valence-corrected chi connectivity index (χ4v) is 6.13. The van der Waals surface area contributed by atoms with Crippen LogP contribution in [0.1, 0.15) is 31.9 Å². The standard InChI is InChI=1S/C21H26N4O7S/c1-21(2)15(20(31)32)25-18(30)14(19(25)33-21)24-17(29)13(9-3-5-10(26)6-4-9)23-16(28)12-7-11(27)8-22-12/h3-6,11-15,19,22,26-27H,7-8H2,1-2H3,(H,23,28)(H,24,29)(H,31,32)/t11?,12?,13?,14?,15-,19+/m0/s1. The van der Waals surface area contributed by atoms with Crippen molar-refractivity contribution in [1.82, 2.24) is 20.9 Å². The number of carboxylic acids is 1. The summed E-state index contributed by atoms with van der Waals surface area (Å²) >= 11 is 1.30. The summed E-state index contributed by atoms with van der Waals surface area (Å²) in [4.78, 5) is 51.6. The molecule has 11 nitrogen and oxygen atoms in total. The predicted octanol–water partition coefficient (Wildman–Crippen LogP) is -1.10. The van der Waals surface area contributed by atoms with Crippen molar-refractivity contribution < 1.29 is 34.5 Å². The number of carboxylic acid groups (broad SMARTS) is 1. The molecule has 4 unspecified atom stereocenters. The number of β-amino-alcohol motifs (C(OH)–C–C–N with tert-alkyl or cyclic N) is 1. The molecule has 12 heteroatoms. The Morgan fingerprint density at radius 1 is 1.24 bits per heavy atom. The smallest absolute Gasteiger partial charge is 0.327 e. The van der Waals surface area contributed by atoms with Crippen LogP contribution in [0.2, 0.25) is 0 Å². The van der Waals surface area contributed by atoms with Crippen LogP contribution in [-0.4, -0.2) is 84.8 Å². The number of hydrogen-bond donors (Lipinski definition) is 6. The van der Waals surface area contributed by atoms with Crippen molar-refractivity contribution in [2.45, 2.75) is 60.7 Å². The van der Waals surface area contributed by atoms with Gasteiger partial charge in [0.1, 0.15) is 29.2 Å². The normalized spacial score (nSPS) is 30.8. The van der Waals surface area contributed by atoms with Crippen molar-refractivity contribution in [2.24, 2.45) is 0 Å². The number of β-lactam (4-membered cyclic amide) rings is 1. The van der Waals surface area contributed by atoms with Crippen LogP contribution >= 0.6 is 11.8 Å². The summed E-state index contributed by atoms with van der Waals surface area (Å²) in [6.45, 7) is 3.74. The summed E-state index contributed by atoms with van der Waals surface area (Å²) in [5.41, 5.74) is 0.392. The molecule has 0 aromatic heterocycles. The maximum absolute atomic E-state index is 13.2. The zero-order valence-corrected chi connectivity index (χ0v) is 18.8. The SMILES string of the molecule is CC1(C)S[C@@H]2C(NC(=O)C(NC(=O)C3CC(O)CN3)c3ccc(O)cc3)C(=O)N2[C@H]1C(=O)O. The molecule has 6 atom stereocenters. The lowest BCUT2D eigenvalue weighted by Crippen LogP contribution is -2.71. The third-order valence-corrected chi connectivity index (χ3v) is 7.74. The van der Waals surface area contributed by atoms with Gasteiger partial charge in [-0.3, -0.25) is 14.4 Å². The highest BCUT2D eigenvalue weighted by molar-refractivity contribution is 8.01. The highest BCUT2D eigenvalue weighted by atomic mass is 32.2. The number of amides is 3. The number of phenols is 1. The van der Waals surface area contributed by atoms with Gasteiger partial charge in [-0.25, -0.2) is 4.79 Å². The Morgan fingerprint density at radius 2 is 1.91 bits per heavy atom. The number of benzene rings is 1. The van der Waals surface area contributed by atoms with Crippen LogP contribution in [-0.2, 0) is 19.2 Å². The third-order valence-electron chi connectivity index (χ3n) is 6.17. The Hall–Kier alpha value is -2.83. The summed E-state index contributed by atoms with van der Waals surface area (Å²) in [6.07, 6.45) is -0.457. The van der Waals surface area contributed by atoms with Crippen molar-refractivity contribution in [3.63, 3.8) is 0 Å². The second kappa shape index (κ2) is 8.50. The number of nitrogens with zero attached hydrogens (tertiary/aromatic N) is 1. The van der Waals surface area contributed by atoms with Gasteiger partial charge in [0.2, 0.25) is 17.7 Å². The van der Waals surface area contributed by atoms with Crippen molar-refractivity contribution >= 4 is 35.5 Å². The van der Waals surface area contributed by atoms with E-state index in [1.54, 1.807) is 13.8 Å². The minimum Gasteiger partial charge on any atom is -0.508 e. The number of carbonyl (C=O) groups excluding carboxylic acids is 3. The van der Waals surface area contributed by atoms with E-state index < -0.39 is 64.1 Å². The molecule has 3 aliphatic heterocycles. The lowest BCUT2D eigenvalue weighted by molar-refractivity contribution is -0.161. The first-order chi connectivity index (χ1) is 15.5. The van der Waals surface area contributed by atoms with Crippen molar-refractivity contribution in [2.75, 3.05) is 6.54 Å². The maximum Gasteiger partial charge on any atom is 0.327 e. The van der Waals surface area contributed by atoms with Crippen LogP contribution in [0.3, 0.4) is 0 Å². The molecular formula is C21H26N4O7S. The highest BCUT2D eigenvalue weighted by Gasteiger charge is 2.64. The van der Waals surface area contributed by atoms with Crippen LogP contribution < -0.4 is 16.0 Å². The molecule has 0 saturated carbocycles. The van der Waals surface area contributed by atoms with E-state index in [4.69, 9.17) is 0 Å². The topological polar surface area (TPSA) is 168 Å². The van der Waals surface area contributed by atoms with Gasteiger partial charge in [0.15, 0.2) is 0 Å². The Morgan fingerprint density at radius 3 is 2.48 bits per heavy atom. The second-order valence-corrected chi connectivity index (χ2v) is 10.7. The lowest BCUT2D eigenvalue weighted by Gasteiger charge is -2.44. The molecule has 3 fully saturated rings. The van der Waals surface area contributed by atoms with Gasteiger partial charge < -0.3 is 36.2 Å². The number of aliphatic carboxylic acids is 1. The van der Waals surface area contributed by atoms with Crippen LogP contribution in [0.4, 0.5) is 0 Å². The summed E-state index contributed by atoms with van der Waals surface area (Å²) in [5, 5.41) is 36.5. The second-order valence-electron chi connectivity index (χ2n) is 8.97. The summed E-state index contributed by atoms with van der Waals surface area (Å²) in [6, 6.07) is 1.98. The molecule has 0 radical (unpaired) electrons. The Bertz CT molecular complexity index is 985. The zero-order valence-electron chi connectivity index (χ0n) is 18.0. The van der Waals surface area contributed by atoms with Gasteiger partial charge in [0, 0.05) is 11.3 Å². The van der Waals surface area contributed by atoms with E-state index in [0.717, 1.165) is 0 Å². The van der Waals surface area contributed by atoms with E-state index >= 15 is 0 Å². The predicted molar refractivity (Wildman–Crippen MR) is 117 cm³/mol. The molecular weight excluding hydrogens is 452 g/mol. The van der Waals surface area contributed by atoms with Gasteiger partial charge in [-0.1, -0.05) is 12.1 Å². The lowest BCUT2D eigenvalue weighted by atomic mass is 9.95. The summed E-state index contributed by atoms with van der Waals surface area (Å²) in [7, 11) is 0. The van der Waals surface area contributed by atoms with Gasteiger partial charge in [0.25, 0.3) is 0 Å². The first-order valence-corrected chi connectivity index (χ1v) is 11.4. The molecule has 3 amide bonds. The van der Waals surface area contributed by atoms with Gasteiger partial charge >= 0.3 is 5.97 Å². The van der Waals surface area contributed by atoms with Crippen molar-refractivity contribution in [3.8, 4) is 5.75 Å². The number of fused-ring (bicyclic) bond motifs is 1. The zero-order chi connectivity index (χ0) is 24.1. The molecule has 6 N–H and O–H groups in total. The number of hydrogen-bond acceptors (Lipinski definition) is 8. The minimum absolute atomic E-state index is 0.0149.